The first-order valence-corrected chi connectivity index (χ1v) is 13.1. The first-order valence-electron chi connectivity index (χ1n) is 11.2. The smallest absolute Gasteiger partial charge is 0.319 e. The van der Waals surface area contributed by atoms with Gasteiger partial charge < -0.3 is 15.5 Å². The minimum atomic E-state index is -3.51. The molecule has 0 radical (unpaired) electrons. The highest BCUT2D eigenvalue weighted by Crippen LogP contribution is 2.32. The summed E-state index contributed by atoms with van der Waals surface area (Å²) < 4.78 is 39.5. The number of hydrogen-bond acceptors (Lipinski definition) is 4. The number of rotatable bonds is 5. The molecule has 3 aromatic carbocycles. The molecule has 0 bridgehead atoms. The van der Waals surface area contributed by atoms with Crippen molar-refractivity contribution in [2.75, 3.05) is 23.0 Å². The van der Waals surface area contributed by atoms with E-state index in [9.17, 15) is 18.0 Å². The van der Waals surface area contributed by atoms with E-state index in [0.29, 0.717) is 36.2 Å². The second-order valence-electron chi connectivity index (χ2n) is 8.58. The molecule has 1 aliphatic heterocycles. The van der Waals surface area contributed by atoms with Gasteiger partial charge in [-0.15, -0.1) is 0 Å². The monoisotopic (exact) mass is 495 g/mol. The van der Waals surface area contributed by atoms with Crippen molar-refractivity contribution in [1.29, 1.82) is 0 Å². The molecule has 9 heteroatoms. The van der Waals surface area contributed by atoms with Gasteiger partial charge in [-0.25, -0.2) is 17.6 Å². The van der Waals surface area contributed by atoms with Crippen LogP contribution in [0.15, 0.2) is 71.6 Å². The number of amides is 3. The lowest BCUT2D eigenvalue weighted by Crippen LogP contribution is -2.53. The number of sulfone groups is 1. The number of nitrogens with zero attached hydrogens (tertiary/aromatic N) is 1. The van der Waals surface area contributed by atoms with Crippen LogP contribution in [0, 0.1) is 12.7 Å². The Morgan fingerprint density at radius 1 is 1.06 bits per heavy atom. The van der Waals surface area contributed by atoms with Crippen LogP contribution in [0.3, 0.4) is 0 Å². The normalized spacial score (nSPS) is 16.1. The standard InChI is InChI=1S/C26H26FN3O4S/c1-17-9-12-19(13-10-17)28-26(32)29-22-7-5-15-30(25(22)31)23-14-11-18(16-21(23)27)20-6-3-4-8-24(20)35(2,33)34/h3-4,6,8-14,16,22H,5,7,15H2,1-2H3,(H2,28,29,32). The van der Waals surface area contributed by atoms with Gasteiger partial charge in [-0.2, -0.15) is 0 Å². The Morgan fingerprint density at radius 2 is 1.77 bits per heavy atom. The van der Waals surface area contributed by atoms with Gasteiger partial charge in [-0.1, -0.05) is 42.0 Å². The lowest BCUT2D eigenvalue weighted by Gasteiger charge is -2.33. The molecule has 0 spiro atoms. The van der Waals surface area contributed by atoms with Gasteiger partial charge in [0.05, 0.1) is 10.6 Å². The molecule has 3 amide bonds. The number of carbonyl (C=O) groups is 2. The number of piperidine rings is 1. The number of nitrogens with one attached hydrogen (secondary N) is 2. The highest BCUT2D eigenvalue weighted by molar-refractivity contribution is 7.90. The molecule has 1 atom stereocenters. The average molecular weight is 496 g/mol. The number of urea groups is 1. The van der Waals surface area contributed by atoms with Gasteiger partial charge in [-0.3, -0.25) is 4.79 Å². The summed E-state index contributed by atoms with van der Waals surface area (Å²) in [7, 11) is -3.51. The van der Waals surface area contributed by atoms with Crippen molar-refractivity contribution >= 4 is 33.2 Å². The second-order valence-corrected chi connectivity index (χ2v) is 10.6. The van der Waals surface area contributed by atoms with Crippen LogP contribution < -0.4 is 15.5 Å². The van der Waals surface area contributed by atoms with Crippen LogP contribution in [0.2, 0.25) is 0 Å². The molecule has 2 N–H and O–H groups in total. The Hall–Kier alpha value is -3.72. The van der Waals surface area contributed by atoms with E-state index in [4.69, 9.17) is 0 Å². The summed E-state index contributed by atoms with van der Waals surface area (Å²) in [5, 5.41) is 5.38. The molecule has 35 heavy (non-hydrogen) atoms. The Kier molecular flexibility index (Phi) is 6.88. The number of benzene rings is 3. The second kappa shape index (κ2) is 9.87. The number of anilines is 2. The summed E-state index contributed by atoms with van der Waals surface area (Å²) in [5.74, 6) is -1.05. The maximum absolute atomic E-state index is 15.2. The maximum atomic E-state index is 15.2. The summed E-state index contributed by atoms with van der Waals surface area (Å²) in [6.45, 7) is 2.25. The number of halogens is 1. The molecule has 1 unspecified atom stereocenters. The molecule has 1 aliphatic rings. The Bertz CT molecular complexity index is 1370. The Morgan fingerprint density at radius 3 is 2.46 bits per heavy atom. The number of carbonyl (C=O) groups excluding carboxylic acids is 2. The van der Waals surface area contributed by atoms with Crippen LogP contribution >= 0.6 is 0 Å². The molecule has 0 saturated carbocycles. The fourth-order valence-corrected chi connectivity index (χ4v) is 5.04. The molecule has 0 aliphatic carbocycles. The zero-order chi connectivity index (χ0) is 25.2. The summed E-state index contributed by atoms with van der Waals surface area (Å²) in [5.41, 5.74) is 2.52. The van der Waals surface area contributed by atoms with E-state index in [0.717, 1.165) is 11.8 Å². The molecule has 0 aromatic heterocycles. The molecule has 1 saturated heterocycles. The minimum absolute atomic E-state index is 0.0843. The van der Waals surface area contributed by atoms with Crippen LogP contribution in [-0.4, -0.2) is 39.2 Å². The van der Waals surface area contributed by atoms with E-state index >= 15 is 4.39 Å². The van der Waals surface area contributed by atoms with Crippen molar-refractivity contribution in [2.24, 2.45) is 0 Å². The van der Waals surface area contributed by atoms with Gasteiger partial charge in [0.15, 0.2) is 9.84 Å². The van der Waals surface area contributed by atoms with E-state index in [-0.39, 0.29) is 10.6 Å². The molecule has 1 heterocycles. The summed E-state index contributed by atoms with van der Waals surface area (Å²) >= 11 is 0. The van der Waals surface area contributed by atoms with Crippen LogP contribution in [-0.2, 0) is 14.6 Å². The quantitative estimate of drug-likeness (QED) is 0.544. The first-order chi connectivity index (χ1) is 16.6. The zero-order valence-corrected chi connectivity index (χ0v) is 20.2. The lowest BCUT2D eigenvalue weighted by atomic mass is 10.0. The van der Waals surface area contributed by atoms with Crippen molar-refractivity contribution in [3.05, 3.63) is 78.1 Å². The predicted octanol–water partition coefficient (Wildman–Crippen LogP) is 4.52. The molecule has 7 nitrogen and oxygen atoms in total. The van der Waals surface area contributed by atoms with Crippen LogP contribution in [0.5, 0.6) is 0 Å². The summed E-state index contributed by atoms with van der Waals surface area (Å²) in [6, 6.07) is 16.6. The average Bonchev–Trinajstić information content (AvgIpc) is 2.82. The fraction of sp³-hybridized carbons (Fsp3) is 0.231. The third kappa shape index (κ3) is 5.51. The number of hydrogen-bond donors (Lipinski definition) is 2. The van der Waals surface area contributed by atoms with Crippen LogP contribution in [0.25, 0.3) is 11.1 Å². The maximum Gasteiger partial charge on any atom is 0.319 e. The van der Waals surface area contributed by atoms with E-state index in [1.807, 2.05) is 19.1 Å². The fourth-order valence-electron chi connectivity index (χ4n) is 4.13. The zero-order valence-electron chi connectivity index (χ0n) is 19.4. The van der Waals surface area contributed by atoms with Crippen molar-refractivity contribution in [3.8, 4) is 11.1 Å². The minimum Gasteiger partial charge on any atom is -0.326 e. The van der Waals surface area contributed by atoms with Crippen molar-refractivity contribution < 1.29 is 22.4 Å². The topological polar surface area (TPSA) is 95.6 Å². The van der Waals surface area contributed by atoms with Crippen molar-refractivity contribution in [1.82, 2.24) is 5.32 Å². The van der Waals surface area contributed by atoms with Crippen LogP contribution in [0.4, 0.5) is 20.6 Å². The Balaban J connectivity index is 1.52. The largest absolute Gasteiger partial charge is 0.326 e. The predicted molar refractivity (Wildman–Crippen MR) is 134 cm³/mol. The van der Waals surface area contributed by atoms with Gasteiger partial charge in [-0.05, 0) is 55.7 Å². The van der Waals surface area contributed by atoms with Crippen molar-refractivity contribution in [2.45, 2.75) is 30.7 Å². The van der Waals surface area contributed by atoms with Gasteiger partial charge in [0.1, 0.15) is 11.9 Å². The molecule has 182 valence electrons. The highest BCUT2D eigenvalue weighted by Gasteiger charge is 2.32. The van der Waals surface area contributed by atoms with Gasteiger partial charge in [0.25, 0.3) is 0 Å². The summed E-state index contributed by atoms with van der Waals surface area (Å²) in [4.78, 5) is 26.9. The van der Waals surface area contributed by atoms with E-state index in [1.165, 1.54) is 23.1 Å². The van der Waals surface area contributed by atoms with Crippen molar-refractivity contribution in [3.63, 3.8) is 0 Å². The first kappa shape index (κ1) is 24.4. The van der Waals surface area contributed by atoms with E-state index in [1.54, 1.807) is 36.4 Å². The highest BCUT2D eigenvalue weighted by atomic mass is 32.2. The molecular formula is C26H26FN3O4S. The van der Waals surface area contributed by atoms with Gasteiger partial charge in [0.2, 0.25) is 5.91 Å². The molecule has 3 aromatic rings. The third-order valence-corrected chi connectivity index (χ3v) is 7.04. The van der Waals surface area contributed by atoms with Gasteiger partial charge in [0, 0.05) is 24.1 Å². The van der Waals surface area contributed by atoms with E-state index in [2.05, 4.69) is 10.6 Å². The Labute approximate surface area is 203 Å². The lowest BCUT2D eigenvalue weighted by molar-refractivity contribution is -0.121. The van der Waals surface area contributed by atoms with E-state index < -0.39 is 33.6 Å². The van der Waals surface area contributed by atoms with Crippen LogP contribution in [0.1, 0.15) is 18.4 Å². The van der Waals surface area contributed by atoms with Gasteiger partial charge >= 0.3 is 6.03 Å². The molecule has 4 rings (SSSR count). The SMILES string of the molecule is Cc1ccc(NC(=O)NC2CCCN(c3ccc(-c4ccccc4S(C)(=O)=O)cc3F)C2=O)cc1. The third-order valence-electron chi connectivity index (χ3n) is 5.89. The summed E-state index contributed by atoms with van der Waals surface area (Å²) in [6.07, 6.45) is 2.13. The molecule has 1 fully saturated rings. The number of aryl methyl sites for hydroxylation is 1. The molecular weight excluding hydrogens is 469 g/mol.